The number of anilines is 1. The molecule has 5 nitrogen and oxygen atoms in total. The van der Waals surface area contributed by atoms with E-state index in [0.29, 0.717) is 22.6 Å². The molecule has 110 valence electrons. The summed E-state index contributed by atoms with van der Waals surface area (Å²) in [6.07, 6.45) is -0.998. The number of sulfonamides is 1. The van der Waals surface area contributed by atoms with Crippen LogP contribution in [0.4, 0.5) is 5.69 Å². The van der Waals surface area contributed by atoms with E-state index in [1.807, 2.05) is 0 Å². The molecule has 0 bridgehead atoms. The monoisotopic (exact) mass is 305 g/mol. The van der Waals surface area contributed by atoms with Gasteiger partial charge in [-0.1, -0.05) is 24.3 Å². The predicted molar refractivity (Wildman–Crippen MR) is 79.1 cm³/mol. The number of methoxy groups -OCH3 is 1. The highest BCUT2D eigenvalue weighted by atomic mass is 32.2. The van der Waals surface area contributed by atoms with Gasteiger partial charge in [-0.05, 0) is 12.1 Å². The van der Waals surface area contributed by atoms with Gasteiger partial charge in [-0.15, -0.1) is 0 Å². The second kappa shape index (κ2) is 4.75. The second-order valence-electron chi connectivity index (χ2n) is 4.84. The molecule has 0 radical (unpaired) electrons. The Kier molecular flexibility index (Phi) is 3.15. The van der Waals surface area contributed by atoms with E-state index in [2.05, 4.69) is 0 Å². The Morgan fingerprint density at radius 2 is 1.86 bits per heavy atom. The van der Waals surface area contributed by atoms with Crippen LogP contribution in [0.1, 0.15) is 17.2 Å². The number of aliphatic hydroxyl groups is 1. The van der Waals surface area contributed by atoms with Crippen molar-refractivity contribution in [1.82, 2.24) is 0 Å². The maximum atomic E-state index is 12.8. The van der Waals surface area contributed by atoms with E-state index in [1.54, 1.807) is 36.4 Å². The zero-order valence-electron chi connectivity index (χ0n) is 11.6. The molecule has 1 heterocycles. The molecule has 0 aliphatic carbocycles. The molecule has 0 fully saturated rings. The van der Waals surface area contributed by atoms with Crippen molar-refractivity contribution in [1.29, 1.82) is 0 Å². The van der Waals surface area contributed by atoms with Gasteiger partial charge in [0.1, 0.15) is 11.9 Å². The Morgan fingerprint density at radius 1 is 1.14 bits per heavy atom. The molecule has 6 heteroatoms. The summed E-state index contributed by atoms with van der Waals surface area (Å²) in [5.74, 6) is 0.434. The lowest BCUT2D eigenvalue weighted by molar-refractivity contribution is 0.218. The standard InChI is InChI=1S/C15H15NO4S/c1-16-13-6-4-3-5-11(13)15(17)12-8-7-10(20-2)9-14(12)21(16,18)19/h3-9,15,17H,1-2H3. The fourth-order valence-corrected chi connectivity index (χ4v) is 4.00. The van der Waals surface area contributed by atoms with Gasteiger partial charge in [0.05, 0.1) is 17.7 Å². The van der Waals surface area contributed by atoms with E-state index in [-0.39, 0.29) is 4.90 Å². The van der Waals surface area contributed by atoms with Crippen LogP contribution in [0.15, 0.2) is 47.4 Å². The van der Waals surface area contributed by atoms with Crippen molar-refractivity contribution in [3.63, 3.8) is 0 Å². The number of nitrogens with zero attached hydrogens (tertiary/aromatic N) is 1. The van der Waals surface area contributed by atoms with Gasteiger partial charge in [0.25, 0.3) is 10.0 Å². The summed E-state index contributed by atoms with van der Waals surface area (Å²) in [6, 6.07) is 11.6. The van der Waals surface area contributed by atoms with Gasteiger partial charge in [0.15, 0.2) is 0 Å². The largest absolute Gasteiger partial charge is 0.497 e. The predicted octanol–water partition coefficient (Wildman–Crippen LogP) is 1.92. The summed E-state index contributed by atoms with van der Waals surface area (Å²) in [6.45, 7) is 0. The average molecular weight is 305 g/mol. The van der Waals surface area contributed by atoms with Crippen LogP contribution < -0.4 is 9.04 Å². The number of para-hydroxylation sites is 1. The summed E-state index contributed by atoms with van der Waals surface area (Å²) < 4.78 is 31.8. The zero-order chi connectivity index (χ0) is 15.2. The average Bonchev–Trinajstić information content (AvgIpc) is 2.57. The normalized spacial score (nSPS) is 19.4. The number of hydrogen-bond donors (Lipinski definition) is 1. The van der Waals surface area contributed by atoms with Crippen LogP contribution in [0.25, 0.3) is 0 Å². The molecule has 1 aliphatic rings. The first kappa shape index (κ1) is 13.9. The molecular weight excluding hydrogens is 290 g/mol. The lowest BCUT2D eigenvalue weighted by Crippen LogP contribution is -2.26. The van der Waals surface area contributed by atoms with Crippen molar-refractivity contribution in [2.24, 2.45) is 0 Å². The van der Waals surface area contributed by atoms with E-state index in [9.17, 15) is 13.5 Å². The minimum absolute atomic E-state index is 0.0630. The molecule has 3 rings (SSSR count). The second-order valence-corrected chi connectivity index (χ2v) is 6.78. The third-order valence-corrected chi connectivity index (χ3v) is 5.55. The lowest BCUT2D eigenvalue weighted by atomic mass is 10.00. The van der Waals surface area contributed by atoms with Crippen molar-refractivity contribution < 1.29 is 18.3 Å². The Balaban J connectivity index is 2.36. The van der Waals surface area contributed by atoms with Crippen molar-refractivity contribution in [2.45, 2.75) is 11.0 Å². The molecule has 0 aromatic heterocycles. The maximum Gasteiger partial charge on any atom is 0.264 e. The van der Waals surface area contributed by atoms with Crippen molar-refractivity contribution in [3.05, 3.63) is 53.6 Å². The topological polar surface area (TPSA) is 66.8 Å². The van der Waals surface area contributed by atoms with E-state index < -0.39 is 16.1 Å². The first-order valence-electron chi connectivity index (χ1n) is 6.40. The summed E-state index contributed by atoms with van der Waals surface area (Å²) in [4.78, 5) is 0.0630. The Morgan fingerprint density at radius 3 is 2.57 bits per heavy atom. The van der Waals surface area contributed by atoms with Gasteiger partial charge in [-0.25, -0.2) is 8.42 Å². The number of aliphatic hydroxyl groups excluding tert-OH is 1. The van der Waals surface area contributed by atoms with E-state index in [1.165, 1.54) is 24.5 Å². The number of benzene rings is 2. The molecule has 2 aromatic rings. The van der Waals surface area contributed by atoms with Crippen LogP contribution in [0.3, 0.4) is 0 Å². The van der Waals surface area contributed by atoms with Gasteiger partial charge in [0.2, 0.25) is 0 Å². The third kappa shape index (κ3) is 1.99. The van der Waals surface area contributed by atoms with Gasteiger partial charge >= 0.3 is 0 Å². The zero-order valence-corrected chi connectivity index (χ0v) is 12.5. The number of rotatable bonds is 1. The number of hydrogen-bond acceptors (Lipinski definition) is 4. The minimum Gasteiger partial charge on any atom is -0.497 e. The highest BCUT2D eigenvalue weighted by Crippen LogP contribution is 2.40. The number of fused-ring (bicyclic) bond motifs is 2. The highest BCUT2D eigenvalue weighted by Gasteiger charge is 2.34. The molecule has 0 saturated heterocycles. The van der Waals surface area contributed by atoms with Crippen molar-refractivity contribution in [2.75, 3.05) is 18.5 Å². The summed E-state index contributed by atoms with van der Waals surface area (Å²) in [7, 11) is -0.789. The van der Waals surface area contributed by atoms with Crippen LogP contribution in [0.5, 0.6) is 5.75 Å². The van der Waals surface area contributed by atoms with E-state index in [4.69, 9.17) is 4.74 Å². The molecule has 1 atom stereocenters. The molecule has 0 amide bonds. The van der Waals surface area contributed by atoms with Gasteiger partial charge in [-0.3, -0.25) is 4.31 Å². The van der Waals surface area contributed by atoms with Crippen LogP contribution in [-0.4, -0.2) is 27.7 Å². The molecule has 1 aliphatic heterocycles. The molecule has 0 saturated carbocycles. The maximum absolute atomic E-state index is 12.8. The minimum atomic E-state index is -3.74. The molecule has 21 heavy (non-hydrogen) atoms. The Hall–Kier alpha value is -2.05. The van der Waals surface area contributed by atoms with E-state index >= 15 is 0 Å². The quantitative estimate of drug-likeness (QED) is 0.874. The number of ether oxygens (including phenoxy) is 1. The van der Waals surface area contributed by atoms with Crippen LogP contribution >= 0.6 is 0 Å². The van der Waals surface area contributed by atoms with Crippen LogP contribution in [0.2, 0.25) is 0 Å². The molecule has 2 aromatic carbocycles. The van der Waals surface area contributed by atoms with Crippen molar-refractivity contribution >= 4 is 15.7 Å². The van der Waals surface area contributed by atoms with Gasteiger partial charge in [-0.2, -0.15) is 0 Å². The first-order valence-corrected chi connectivity index (χ1v) is 7.84. The molecule has 1 N–H and O–H groups in total. The Bertz CT molecular complexity index is 801. The third-order valence-electron chi connectivity index (χ3n) is 3.72. The van der Waals surface area contributed by atoms with Crippen LogP contribution in [-0.2, 0) is 10.0 Å². The fraction of sp³-hybridized carbons (Fsp3) is 0.200. The van der Waals surface area contributed by atoms with Crippen LogP contribution in [0, 0.1) is 0 Å². The Labute approximate surface area is 123 Å². The molecular formula is C15H15NO4S. The summed E-state index contributed by atoms with van der Waals surface area (Å²) >= 11 is 0. The summed E-state index contributed by atoms with van der Waals surface area (Å²) in [5.41, 5.74) is 1.39. The van der Waals surface area contributed by atoms with E-state index in [0.717, 1.165) is 0 Å². The van der Waals surface area contributed by atoms with Gasteiger partial charge in [0, 0.05) is 24.2 Å². The smallest absolute Gasteiger partial charge is 0.264 e. The first-order chi connectivity index (χ1) is 9.96. The summed E-state index contributed by atoms with van der Waals surface area (Å²) in [5, 5.41) is 10.6. The molecule has 1 unspecified atom stereocenters. The van der Waals surface area contributed by atoms with Gasteiger partial charge < -0.3 is 9.84 Å². The highest BCUT2D eigenvalue weighted by molar-refractivity contribution is 7.92. The SMILES string of the molecule is COc1ccc2c(c1)S(=O)(=O)N(C)c1ccccc1C2O. The lowest BCUT2D eigenvalue weighted by Gasteiger charge is -2.19. The van der Waals surface area contributed by atoms with Crippen molar-refractivity contribution in [3.8, 4) is 5.75 Å². The molecule has 0 spiro atoms. The fourth-order valence-electron chi connectivity index (χ4n) is 2.54.